The molecule has 1 unspecified atom stereocenters. The third-order valence-electron chi connectivity index (χ3n) is 3.94. The number of benzene rings is 2. The average Bonchev–Trinajstić information content (AvgIpc) is 3.01. The lowest BCUT2D eigenvalue weighted by atomic mass is 9.87. The second-order valence-corrected chi connectivity index (χ2v) is 5.20. The van der Waals surface area contributed by atoms with Crippen molar-refractivity contribution in [2.45, 2.75) is 12.3 Å². The zero-order chi connectivity index (χ0) is 15.1. The zero-order valence-electron chi connectivity index (χ0n) is 11.6. The highest BCUT2D eigenvalue weighted by Gasteiger charge is 2.35. The predicted molar refractivity (Wildman–Crippen MR) is 75.9 cm³/mol. The van der Waals surface area contributed by atoms with E-state index in [-0.39, 0.29) is 6.79 Å². The molecule has 5 nitrogen and oxygen atoms in total. The van der Waals surface area contributed by atoms with Crippen LogP contribution in [0.2, 0.25) is 0 Å². The quantitative estimate of drug-likeness (QED) is 0.629. The maximum atomic E-state index is 12.2. The molecule has 0 amide bonds. The Morgan fingerprint density at radius 1 is 1.00 bits per heavy atom. The van der Waals surface area contributed by atoms with E-state index in [1.165, 1.54) is 0 Å². The lowest BCUT2D eigenvalue weighted by Gasteiger charge is -2.23. The summed E-state index contributed by atoms with van der Waals surface area (Å²) < 4.78 is 15.7. The molecule has 1 atom stereocenters. The van der Waals surface area contributed by atoms with Gasteiger partial charge in [-0.2, -0.15) is 0 Å². The fraction of sp³-hybridized carbons (Fsp3) is 0.176. The van der Waals surface area contributed by atoms with Gasteiger partial charge in [-0.25, -0.2) is 4.79 Å². The lowest BCUT2D eigenvalue weighted by molar-refractivity contribution is -0.140. The van der Waals surface area contributed by atoms with Crippen molar-refractivity contribution in [2.75, 3.05) is 6.79 Å². The minimum atomic E-state index is -0.588. The largest absolute Gasteiger partial charge is 0.454 e. The first kappa shape index (κ1) is 12.9. The van der Waals surface area contributed by atoms with Gasteiger partial charge in [-0.15, -0.1) is 0 Å². The molecule has 0 saturated carbocycles. The van der Waals surface area contributed by atoms with Crippen LogP contribution in [0.3, 0.4) is 0 Å². The maximum Gasteiger partial charge on any atom is 0.346 e. The van der Waals surface area contributed by atoms with Crippen molar-refractivity contribution >= 4 is 11.9 Å². The zero-order valence-corrected chi connectivity index (χ0v) is 11.6. The Bertz CT molecular complexity index is 780. The molecule has 0 saturated heterocycles. The van der Waals surface area contributed by atoms with Crippen LogP contribution in [0.15, 0.2) is 42.5 Å². The molecule has 2 aliphatic rings. The van der Waals surface area contributed by atoms with E-state index in [2.05, 4.69) is 0 Å². The van der Waals surface area contributed by atoms with Crippen LogP contribution in [0.25, 0.3) is 0 Å². The van der Waals surface area contributed by atoms with Crippen molar-refractivity contribution in [3.05, 3.63) is 59.2 Å². The molecule has 0 radical (unpaired) electrons. The number of cyclic esters (lactones) is 2. The van der Waals surface area contributed by atoms with Gasteiger partial charge in [0, 0.05) is 0 Å². The molecule has 0 spiro atoms. The maximum absolute atomic E-state index is 12.2. The highest BCUT2D eigenvalue weighted by Crippen LogP contribution is 2.39. The van der Waals surface area contributed by atoms with E-state index in [4.69, 9.17) is 14.2 Å². The molecule has 0 bridgehead atoms. The topological polar surface area (TPSA) is 61.8 Å². The first-order valence-electron chi connectivity index (χ1n) is 6.96. The smallest absolute Gasteiger partial charge is 0.346 e. The molecule has 2 aromatic rings. The van der Waals surface area contributed by atoms with E-state index in [0.717, 1.165) is 5.56 Å². The number of hydrogen-bond donors (Lipinski definition) is 0. The molecule has 0 aliphatic carbocycles. The predicted octanol–water partition coefficient (Wildman–Crippen LogP) is 2.44. The van der Waals surface area contributed by atoms with E-state index in [1.54, 1.807) is 18.2 Å². The summed E-state index contributed by atoms with van der Waals surface area (Å²) in [4.78, 5) is 24.0. The van der Waals surface area contributed by atoms with Crippen molar-refractivity contribution in [1.29, 1.82) is 0 Å². The number of esters is 2. The van der Waals surface area contributed by atoms with Crippen molar-refractivity contribution in [2.24, 2.45) is 0 Å². The third-order valence-corrected chi connectivity index (χ3v) is 3.94. The van der Waals surface area contributed by atoms with Gasteiger partial charge in [0.1, 0.15) is 0 Å². The summed E-state index contributed by atoms with van der Waals surface area (Å²) in [5, 5.41) is 0. The van der Waals surface area contributed by atoms with Crippen molar-refractivity contribution in [1.82, 2.24) is 0 Å². The van der Waals surface area contributed by atoms with Crippen LogP contribution in [0, 0.1) is 0 Å². The van der Waals surface area contributed by atoms with Crippen molar-refractivity contribution < 1.29 is 23.8 Å². The van der Waals surface area contributed by atoms with Crippen LogP contribution in [-0.2, 0) is 16.0 Å². The molecular weight excluding hydrogens is 284 g/mol. The van der Waals surface area contributed by atoms with Gasteiger partial charge in [0.25, 0.3) is 0 Å². The summed E-state index contributed by atoms with van der Waals surface area (Å²) in [5.74, 6) is -0.310. The standard InChI is InChI=1S/C17H12O5/c18-16-12-6-2-1-5-11(12)13(17(19)22-16)8-10-4-3-7-14-15(10)21-9-20-14/h1-7,13H,8-9H2. The first-order valence-corrected chi connectivity index (χ1v) is 6.96. The molecular formula is C17H12O5. The van der Waals surface area contributed by atoms with E-state index in [1.807, 2.05) is 24.3 Å². The normalized spacial score (nSPS) is 18.8. The van der Waals surface area contributed by atoms with Gasteiger partial charge in [0.2, 0.25) is 6.79 Å². The van der Waals surface area contributed by atoms with Crippen molar-refractivity contribution in [3.63, 3.8) is 0 Å². The molecule has 0 N–H and O–H groups in total. The number of carbonyl (C=O) groups is 2. The number of carbonyl (C=O) groups excluding carboxylic acids is 2. The van der Waals surface area contributed by atoms with Crippen LogP contribution < -0.4 is 9.47 Å². The lowest BCUT2D eigenvalue weighted by Crippen LogP contribution is -2.29. The number of para-hydroxylation sites is 1. The summed E-state index contributed by atoms with van der Waals surface area (Å²) >= 11 is 0. The second-order valence-electron chi connectivity index (χ2n) is 5.20. The Hall–Kier alpha value is -2.82. The van der Waals surface area contributed by atoms with E-state index >= 15 is 0 Å². The van der Waals surface area contributed by atoms with Gasteiger partial charge in [0.05, 0.1) is 11.5 Å². The van der Waals surface area contributed by atoms with E-state index in [0.29, 0.717) is 29.0 Å². The van der Waals surface area contributed by atoms with Crippen molar-refractivity contribution in [3.8, 4) is 11.5 Å². The molecule has 2 aromatic carbocycles. The molecule has 4 rings (SSSR count). The van der Waals surface area contributed by atoms with Crippen LogP contribution >= 0.6 is 0 Å². The van der Waals surface area contributed by atoms with Gasteiger partial charge >= 0.3 is 11.9 Å². The molecule has 2 heterocycles. The molecule has 2 aliphatic heterocycles. The minimum Gasteiger partial charge on any atom is -0.454 e. The molecule has 5 heteroatoms. The fourth-order valence-corrected chi connectivity index (χ4v) is 2.90. The average molecular weight is 296 g/mol. The third kappa shape index (κ3) is 1.94. The molecule has 0 fully saturated rings. The summed E-state index contributed by atoms with van der Waals surface area (Å²) in [6.45, 7) is 0.177. The molecule has 22 heavy (non-hydrogen) atoms. The monoisotopic (exact) mass is 296 g/mol. The van der Waals surface area contributed by atoms with Crippen LogP contribution in [0.1, 0.15) is 27.4 Å². The fourth-order valence-electron chi connectivity index (χ4n) is 2.90. The Morgan fingerprint density at radius 2 is 1.86 bits per heavy atom. The minimum absolute atomic E-state index is 0.177. The first-order chi connectivity index (χ1) is 10.7. The summed E-state index contributed by atoms with van der Waals surface area (Å²) in [5.41, 5.74) is 2.00. The van der Waals surface area contributed by atoms with E-state index in [9.17, 15) is 9.59 Å². The van der Waals surface area contributed by atoms with Gasteiger partial charge in [0.15, 0.2) is 11.5 Å². The highest BCUT2D eigenvalue weighted by molar-refractivity contribution is 6.04. The number of hydrogen-bond acceptors (Lipinski definition) is 5. The van der Waals surface area contributed by atoms with Gasteiger partial charge in [-0.05, 0) is 29.7 Å². The SMILES string of the molecule is O=C1OC(=O)C(Cc2cccc3c2OCO3)c2ccccc21. The summed E-state index contributed by atoms with van der Waals surface area (Å²) in [6.07, 6.45) is 0.398. The summed E-state index contributed by atoms with van der Waals surface area (Å²) in [6, 6.07) is 12.6. The number of rotatable bonds is 2. The summed E-state index contributed by atoms with van der Waals surface area (Å²) in [7, 11) is 0. The van der Waals surface area contributed by atoms with Crippen LogP contribution in [-0.4, -0.2) is 18.7 Å². The van der Waals surface area contributed by atoms with Gasteiger partial charge in [-0.1, -0.05) is 30.3 Å². The Morgan fingerprint density at radius 3 is 2.77 bits per heavy atom. The van der Waals surface area contributed by atoms with Gasteiger partial charge in [-0.3, -0.25) is 4.79 Å². The number of fused-ring (bicyclic) bond motifs is 2. The molecule has 0 aromatic heterocycles. The number of ether oxygens (including phenoxy) is 3. The van der Waals surface area contributed by atoms with E-state index < -0.39 is 17.9 Å². The highest BCUT2D eigenvalue weighted by atomic mass is 16.7. The Labute approximate surface area is 126 Å². The Balaban J connectivity index is 1.74. The van der Waals surface area contributed by atoms with Gasteiger partial charge < -0.3 is 14.2 Å². The Kier molecular flexibility index (Phi) is 2.85. The second kappa shape index (κ2) is 4.87. The molecule has 110 valence electrons. The van der Waals surface area contributed by atoms with Crippen LogP contribution in [0.4, 0.5) is 0 Å². The van der Waals surface area contributed by atoms with Crippen LogP contribution in [0.5, 0.6) is 11.5 Å².